The molecule has 0 spiro atoms. The van der Waals surface area contributed by atoms with Gasteiger partial charge in [-0.15, -0.1) is 0 Å². The molecule has 0 bridgehead atoms. The molecule has 114 valence electrons. The largest absolute Gasteiger partial charge is 0.454 e. The van der Waals surface area contributed by atoms with E-state index < -0.39 is 6.37 Å². The van der Waals surface area contributed by atoms with E-state index in [4.69, 9.17) is 7.16 Å². The molecule has 0 saturated carbocycles. The van der Waals surface area contributed by atoms with E-state index in [-0.39, 0.29) is 0 Å². The molecule has 0 fully saturated rings. The number of hydrogen-bond acceptors (Lipinski definition) is 2. The van der Waals surface area contributed by atoms with Gasteiger partial charge in [0.15, 0.2) is 11.8 Å². The molecule has 1 aromatic carbocycles. The minimum Gasteiger partial charge on any atom is -0.454 e. The van der Waals surface area contributed by atoms with Gasteiger partial charge in [-0.3, -0.25) is 4.98 Å². The van der Waals surface area contributed by atoms with Crippen molar-refractivity contribution < 1.29 is 11.7 Å². The quantitative estimate of drug-likeness (QED) is 0.516. The first-order valence-corrected chi connectivity index (χ1v) is 7.63. The topological polar surface area (TPSA) is 29.9 Å². The molecule has 3 heteroatoms. The number of benzene rings is 1. The zero-order chi connectivity index (χ0) is 17.8. The normalized spacial score (nSPS) is 13.3. The molecular weight excluding hydrogens is 284 g/mol. The maximum atomic E-state index is 7.90. The molecule has 0 unspecified atom stereocenters. The van der Waals surface area contributed by atoms with Crippen LogP contribution in [0.5, 0.6) is 0 Å². The van der Waals surface area contributed by atoms with Gasteiger partial charge in [0.2, 0.25) is 5.69 Å². The van der Waals surface area contributed by atoms with E-state index in [1.165, 1.54) is 0 Å². The first kappa shape index (κ1) is 11.8. The summed E-state index contributed by atoms with van der Waals surface area (Å²) >= 11 is 0. The van der Waals surface area contributed by atoms with E-state index in [0.29, 0.717) is 5.56 Å². The summed E-state index contributed by atoms with van der Waals surface area (Å²) in [4.78, 5) is 4.45. The highest BCUT2D eigenvalue weighted by Gasteiger charge is 2.17. The SMILES string of the molecule is [2H]C([2H])(C)c1ccc(-c2cc3c(cc2C)oc2cccnc23)[n+](C)c1. The van der Waals surface area contributed by atoms with Crippen molar-refractivity contribution in [3.05, 3.63) is 59.9 Å². The molecule has 0 aliphatic heterocycles. The second kappa shape index (κ2) is 5.20. The average molecular weight is 305 g/mol. The average Bonchev–Trinajstić information content (AvgIpc) is 2.90. The fourth-order valence-electron chi connectivity index (χ4n) is 3.06. The summed E-state index contributed by atoms with van der Waals surface area (Å²) in [7, 11) is 1.94. The van der Waals surface area contributed by atoms with Gasteiger partial charge < -0.3 is 4.42 Å². The van der Waals surface area contributed by atoms with Gasteiger partial charge >= 0.3 is 0 Å². The summed E-state index contributed by atoms with van der Waals surface area (Å²) in [5, 5.41) is 0.992. The fourth-order valence-corrected chi connectivity index (χ4v) is 3.06. The standard InChI is InChI=1S/C20H19N2O/c1-4-14-7-8-17(22(3)12-14)15-11-16-19(10-13(15)2)23-18-6-5-9-21-20(16)18/h5-12H,4H2,1-3H3/q+1/i4D2. The lowest BCUT2D eigenvalue weighted by Crippen LogP contribution is -2.31. The minimum atomic E-state index is -1.36. The van der Waals surface area contributed by atoms with Crippen molar-refractivity contribution >= 4 is 22.1 Å². The molecule has 0 amide bonds. The summed E-state index contributed by atoms with van der Waals surface area (Å²) in [5.41, 5.74) is 6.36. The van der Waals surface area contributed by atoms with Gasteiger partial charge in [0.25, 0.3) is 0 Å². The van der Waals surface area contributed by atoms with Crippen molar-refractivity contribution in [2.24, 2.45) is 7.05 Å². The van der Waals surface area contributed by atoms with E-state index in [2.05, 4.69) is 18.0 Å². The molecule has 0 atom stereocenters. The molecule has 3 heterocycles. The van der Waals surface area contributed by atoms with Crippen LogP contribution in [-0.4, -0.2) is 4.98 Å². The zero-order valence-electron chi connectivity index (χ0n) is 15.4. The Kier molecular flexibility index (Phi) is 2.67. The summed E-state index contributed by atoms with van der Waals surface area (Å²) in [6.45, 7) is 3.63. The first-order valence-electron chi connectivity index (χ1n) is 8.63. The van der Waals surface area contributed by atoms with Gasteiger partial charge in [-0.25, -0.2) is 4.57 Å². The smallest absolute Gasteiger partial charge is 0.212 e. The molecule has 4 rings (SSSR count). The predicted octanol–water partition coefficient (Wildman–Crippen LogP) is 4.34. The minimum absolute atomic E-state index is 0.660. The van der Waals surface area contributed by atoms with Crippen molar-refractivity contribution in [2.75, 3.05) is 0 Å². The van der Waals surface area contributed by atoms with Gasteiger partial charge in [0, 0.05) is 31.5 Å². The third-order valence-electron chi connectivity index (χ3n) is 4.27. The molecule has 0 aliphatic rings. The number of pyridine rings is 2. The van der Waals surface area contributed by atoms with Crippen LogP contribution in [0.1, 0.15) is 20.8 Å². The third-order valence-corrected chi connectivity index (χ3v) is 4.27. The summed E-state index contributed by atoms with van der Waals surface area (Å²) in [6.07, 6.45) is 2.26. The predicted molar refractivity (Wildman–Crippen MR) is 92.2 cm³/mol. The van der Waals surface area contributed by atoms with Crippen molar-refractivity contribution in [2.45, 2.75) is 20.2 Å². The van der Waals surface area contributed by atoms with Gasteiger partial charge in [0.1, 0.15) is 18.1 Å². The molecule has 0 saturated heterocycles. The van der Waals surface area contributed by atoms with Crippen LogP contribution in [0.25, 0.3) is 33.3 Å². The Bertz CT molecular complexity index is 1110. The molecule has 3 nitrogen and oxygen atoms in total. The Balaban J connectivity index is 1.94. The van der Waals surface area contributed by atoms with Gasteiger partial charge in [-0.2, -0.15) is 0 Å². The Morgan fingerprint density at radius 2 is 2.09 bits per heavy atom. The Morgan fingerprint density at radius 3 is 2.87 bits per heavy atom. The van der Waals surface area contributed by atoms with Crippen LogP contribution >= 0.6 is 0 Å². The Labute approximate surface area is 138 Å². The van der Waals surface area contributed by atoms with Crippen LogP contribution in [0.2, 0.25) is 0 Å². The molecule has 23 heavy (non-hydrogen) atoms. The number of aromatic nitrogens is 2. The lowest BCUT2D eigenvalue weighted by molar-refractivity contribution is -0.660. The number of aryl methyl sites for hydroxylation is 3. The summed E-state index contributed by atoms with van der Waals surface area (Å²) in [5.74, 6) is 0. The van der Waals surface area contributed by atoms with E-state index >= 15 is 0 Å². The van der Waals surface area contributed by atoms with Crippen LogP contribution in [0.4, 0.5) is 0 Å². The molecule has 0 N–H and O–H groups in total. The van der Waals surface area contributed by atoms with Crippen molar-refractivity contribution in [3.63, 3.8) is 0 Å². The van der Waals surface area contributed by atoms with E-state index in [9.17, 15) is 0 Å². The fraction of sp³-hybridized carbons (Fsp3) is 0.200. The molecule has 0 radical (unpaired) electrons. The van der Waals surface area contributed by atoms with Gasteiger partial charge in [0.05, 0.1) is 0 Å². The molecule has 0 aliphatic carbocycles. The highest BCUT2D eigenvalue weighted by atomic mass is 16.3. The van der Waals surface area contributed by atoms with Crippen molar-refractivity contribution in [1.82, 2.24) is 4.98 Å². The van der Waals surface area contributed by atoms with Crippen LogP contribution in [-0.2, 0) is 13.4 Å². The third kappa shape index (κ3) is 2.20. The van der Waals surface area contributed by atoms with Crippen LogP contribution in [0, 0.1) is 6.92 Å². The number of rotatable bonds is 2. The van der Waals surface area contributed by atoms with E-state index in [0.717, 1.165) is 38.9 Å². The van der Waals surface area contributed by atoms with Gasteiger partial charge in [-0.05, 0) is 49.2 Å². The van der Waals surface area contributed by atoms with Crippen molar-refractivity contribution in [1.29, 1.82) is 0 Å². The zero-order valence-corrected chi connectivity index (χ0v) is 13.4. The van der Waals surface area contributed by atoms with E-state index in [1.807, 2.05) is 48.1 Å². The van der Waals surface area contributed by atoms with Crippen LogP contribution in [0.3, 0.4) is 0 Å². The van der Waals surface area contributed by atoms with Gasteiger partial charge in [-0.1, -0.05) is 6.92 Å². The highest BCUT2D eigenvalue weighted by molar-refractivity contribution is 6.04. The first-order chi connectivity index (χ1) is 11.8. The molecule has 4 aromatic rings. The Morgan fingerprint density at radius 1 is 1.22 bits per heavy atom. The number of furan rings is 1. The maximum Gasteiger partial charge on any atom is 0.212 e. The van der Waals surface area contributed by atoms with Crippen molar-refractivity contribution in [3.8, 4) is 11.3 Å². The van der Waals surface area contributed by atoms with E-state index in [1.54, 1.807) is 13.1 Å². The monoisotopic (exact) mass is 305 g/mol. The van der Waals surface area contributed by atoms with Crippen LogP contribution < -0.4 is 4.57 Å². The molecular formula is C20H19N2O+. The lowest BCUT2D eigenvalue weighted by Gasteiger charge is -2.06. The van der Waals surface area contributed by atoms with Crippen LogP contribution in [0.15, 0.2) is 53.2 Å². The number of hydrogen-bond donors (Lipinski definition) is 0. The molecule has 3 aromatic heterocycles. The second-order valence-electron chi connectivity index (χ2n) is 5.78. The Hall–Kier alpha value is -2.68. The maximum absolute atomic E-state index is 7.90. The lowest BCUT2D eigenvalue weighted by atomic mass is 10.0. The summed E-state index contributed by atoms with van der Waals surface area (Å²) < 4.78 is 23.7. The summed E-state index contributed by atoms with van der Waals surface area (Å²) in [6, 6.07) is 11.8. The number of nitrogens with zero attached hydrogens (tertiary/aromatic N) is 2. The number of fused-ring (bicyclic) bond motifs is 3. The highest BCUT2D eigenvalue weighted by Crippen LogP contribution is 2.32. The second-order valence-corrected chi connectivity index (χ2v) is 5.78.